The van der Waals surface area contributed by atoms with Crippen LogP contribution in [0.1, 0.15) is 0 Å². The second kappa shape index (κ2) is 5.32. The maximum absolute atomic E-state index is 9.58. The van der Waals surface area contributed by atoms with E-state index in [4.69, 9.17) is 0 Å². The number of hydrogen-bond acceptors (Lipinski definition) is 6. The number of phenolic OH excluding ortho intramolecular Hbond substituents is 4. The van der Waals surface area contributed by atoms with Gasteiger partial charge in [-0.2, -0.15) is 0 Å². The lowest BCUT2D eigenvalue weighted by Crippen LogP contribution is -1.74. The average molecular weight is 282 g/mol. The molecule has 0 bridgehead atoms. The molecule has 0 saturated heterocycles. The van der Waals surface area contributed by atoms with Crippen molar-refractivity contribution in [1.82, 2.24) is 0 Å². The van der Waals surface area contributed by atoms with Gasteiger partial charge in [-0.15, -0.1) is 0 Å². The van der Waals surface area contributed by atoms with Crippen LogP contribution >= 0.6 is 21.6 Å². The molecule has 4 nitrogen and oxygen atoms in total. The Bertz CT molecular complexity index is 520. The molecule has 0 unspecified atom stereocenters. The standard InChI is InChI=1S/C12H10O4S2/c13-7-1-3-9(15)11(5-7)17-18-12-6-8(14)2-4-10(12)16/h1-6,13-16H. The van der Waals surface area contributed by atoms with E-state index in [1.54, 1.807) is 0 Å². The fraction of sp³-hybridized carbons (Fsp3) is 0. The largest absolute Gasteiger partial charge is 0.508 e. The molecule has 0 aliphatic heterocycles. The maximum atomic E-state index is 9.58. The lowest BCUT2D eigenvalue weighted by atomic mass is 10.3. The summed E-state index contributed by atoms with van der Waals surface area (Å²) >= 11 is 0. The Labute approximate surface area is 111 Å². The first-order chi connectivity index (χ1) is 8.56. The van der Waals surface area contributed by atoms with E-state index in [9.17, 15) is 20.4 Å². The lowest BCUT2D eigenvalue weighted by Gasteiger charge is -2.06. The molecule has 0 aliphatic rings. The SMILES string of the molecule is Oc1ccc(O)c(SSc2cc(O)ccc2O)c1. The third-order valence-electron chi connectivity index (χ3n) is 2.11. The summed E-state index contributed by atoms with van der Waals surface area (Å²) in [4.78, 5) is 0.950. The van der Waals surface area contributed by atoms with Crippen LogP contribution < -0.4 is 0 Å². The number of hydrogen-bond donors (Lipinski definition) is 4. The third-order valence-corrected chi connectivity index (χ3v) is 4.53. The van der Waals surface area contributed by atoms with Gasteiger partial charge < -0.3 is 20.4 Å². The van der Waals surface area contributed by atoms with E-state index in [1.807, 2.05) is 0 Å². The van der Waals surface area contributed by atoms with Crippen LogP contribution in [0.3, 0.4) is 0 Å². The minimum absolute atomic E-state index is 0.0462. The van der Waals surface area contributed by atoms with E-state index in [0.717, 1.165) is 0 Å². The van der Waals surface area contributed by atoms with Crippen LogP contribution in [0.15, 0.2) is 46.2 Å². The minimum Gasteiger partial charge on any atom is -0.508 e. The Morgan fingerprint density at radius 1 is 0.611 bits per heavy atom. The topological polar surface area (TPSA) is 80.9 Å². The van der Waals surface area contributed by atoms with Crippen molar-refractivity contribution in [2.45, 2.75) is 9.79 Å². The number of phenols is 4. The zero-order chi connectivity index (χ0) is 13.1. The molecule has 6 heteroatoms. The van der Waals surface area contributed by atoms with Crippen LogP contribution in [-0.2, 0) is 0 Å². The number of rotatable bonds is 3. The van der Waals surface area contributed by atoms with Crippen molar-refractivity contribution in [1.29, 1.82) is 0 Å². The van der Waals surface area contributed by atoms with Crippen LogP contribution in [0.4, 0.5) is 0 Å². The second-order valence-electron chi connectivity index (χ2n) is 3.47. The zero-order valence-electron chi connectivity index (χ0n) is 9.07. The van der Waals surface area contributed by atoms with Crippen LogP contribution in [0.25, 0.3) is 0 Å². The van der Waals surface area contributed by atoms with Gasteiger partial charge in [0.05, 0.1) is 9.79 Å². The van der Waals surface area contributed by atoms with Crippen molar-refractivity contribution < 1.29 is 20.4 Å². The quantitative estimate of drug-likeness (QED) is 0.511. The first-order valence-electron chi connectivity index (χ1n) is 4.95. The molecule has 2 aromatic rings. The van der Waals surface area contributed by atoms with Crippen LogP contribution in [0, 0.1) is 0 Å². The van der Waals surface area contributed by atoms with E-state index >= 15 is 0 Å². The van der Waals surface area contributed by atoms with Crippen LogP contribution in [0.2, 0.25) is 0 Å². The molecular formula is C12H10O4S2. The van der Waals surface area contributed by atoms with E-state index in [2.05, 4.69) is 0 Å². The highest BCUT2D eigenvalue weighted by Crippen LogP contribution is 2.45. The van der Waals surface area contributed by atoms with E-state index < -0.39 is 0 Å². The molecule has 2 aromatic carbocycles. The van der Waals surface area contributed by atoms with E-state index in [1.165, 1.54) is 58.0 Å². The molecule has 0 atom stereocenters. The molecule has 94 valence electrons. The summed E-state index contributed by atoms with van der Waals surface area (Å²) in [7, 11) is 2.35. The van der Waals surface area contributed by atoms with Gasteiger partial charge >= 0.3 is 0 Å². The number of aromatic hydroxyl groups is 4. The van der Waals surface area contributed by atoms with E-state index in [-0.39, 0.29) is 23.0 Å². The number of benzene rings is 2. The van der Waals surface area contributed by atoms with Gasteiger partial charge in [0.25, 0.3) is 0 Å². The molecule has 0 fully saturated rings. The summed E-state index contributed by atoms with van der Waals surface area (Å²) in [6, 6.07) is 8.40. The molecule has 0 aliphatic carbocycles. The molecule has 0 radical (unpaired) electrons. The predicted molar refractivity (Wildman–Crippen MR) is 71.3 cm³/mol. The second-order valence-corrected chi connectivity index (χ2v) is 5.68. The molecular weight excluding hydrogens is 272 g/mol. The van der Waals surface area contributed by atoms with Gasteiger partial charge in [0.1, 0.15) is 23.0 Å². The average Bonchev–Trinajstić information content (AvgIpc) is 2.34. The highest BCUT2D eigenvalue weighted by molar-refractivity contribution is 8.76. The van der Waals surface area contributed by atoms with Gasteiger partial charge in [-0.3, -0.25) is 0 Å². The van der Waals surface area contributed by atoms with Gasteiger partial charge in [0.15, 0.2) is 0 Å². The van der Waals surface area contributed by atoms with Crippen LogP contribution in [0.5, 0.6) is 23.0 Å². The van der Waals surface area contributed by atoms with Gasteiger partial charge in [-0.05, 0) is 58.0 Å². The summed E-state index contributed by atoms with van der Waals surface area (Å²) in [6.45, 7) is 0. The van der Waals surface area contributed by atoms with Gasteiger partial charge in [0, 0.05) is 0 Å². The first kappa shape index (κ1) is 12.8. The Morgan fingerprint density at radius 3 is 1.39 bits per heavy atom. The normalized spacial score (nSPS) is 10.4. The first-order valence-corrected chi connectivity index (χ1v) is 7.10. The Hall–Kier alpha value is -1.66. The molecule has 4 N–H and O–H groups in total. The van der Waals surface area contributed by atoms with Gasteiger partial charge in [0.2, 0.25) is 0 Å². The molecule has 18 heavy (non-hydrogen) atoms. The summed E-state index contributed by atoms with van der Waals surface area (Å²) in [5.41, 5.74) is 0. The predicted octanol–water partition coefficient (Wildman–Crippen LogP) is 3.31. The van der Waals surface area contributed by atoms with Crippen molar-refractivity contribution in [3.63, 3.8) is 0 Å². The van der Waals surface area contributed by atoms with Crippen molar-refractivity contribution in [3.05, 3.63) is 36.4 Å². The smallest absolute Gasteiger partial charge is 0.130 e. The molecule has 0 amide bonds. The zero-order valence-corrected chi connectivity index (χ0v) is 10.7. The fourth-order valence-electron chi connectivity index (χ4n) is 1.23. The third kappa shape index (κ3) is 2.96. The summed E-state index contributed by atoms with van der Waals surface area (Å²) in [5, 5.41) is 37.8. The molecule has 0 aromatic heterocycles. The van der Waals surface area contributed by atoms with Crippen molar-refractivity contribution in [3.8, 4) is 23.0 Å². The lowest BCUT2D eigenvalue weighted by molar-refractivity contribution is 0.448. The highest BCUT2D eigenvalue weighted by atomic mass is 33.1. The Morgan fingerprint density at radius 2 is 1.00 bits per heavy atom. The molecule has 2 rings (SSSR count). The highest BCUT2D eigenvalue weighted by Gasteiger charge is 2.08. The Balaban J connectivity index is 2.16. The summed E-state index contributed by atoms with van der Waals surface area (Å²) in [5.74, 6) is 0.196. The van der Waals surface area contributed by atoms with Crippen LogP contribution in [-0.4, -0.2) is 20.4 Å². The fourth-order valence-corrected chi connectivity index (χ4v) is 3.39. The summed E-state index contributed by atoms with van der Waals surface area (Å²) in [6.07, 6.45) is 0. The maximum Gasteiger partial charge on any atom is 0.130 e. The Kier molecular flexibility index (Phi) is 3.78. The molecule has 0 saturated carbocycles. The van der Waals surface area contributed by atoms with Crippen molar-refractivity contribution in [2.75, 3.05) is 0 Å². The van der Waals surface area contributed by atoms with Gasteiger partial charge in [-0.25, -0.2) is 0 Å². The van der Waals surface area contributed by atoms with Gasteiger partial charge in [-0.1, -0.05) is 0 Å². The van der Waals surface area contributed by atoms with Crippen molar-refractivity contribution >= 4 is 21.6 Å². The van der Waals surface area contributed by atoms with Crippen molar-refractivity contribution in [2.24, 2.45) is 0 Å². The summed E-state index contributed by atoms with van der Waals surface area (Å²) < 4.78 is 0. The molecule has 0 heterocycles. The van der Waals surface area contributed by atoms with E-state index in [0.29, 0.717) is 9.79 Å². The monoisotopic (exact) mass is 282 g/mol. The minimum atomic E-state index is 0.0462. The molecule has 0 spiro atoms.